The summed E-state index contributed by atoms with van der Waals surface area (Å²) in [4.78, 5) is 8.82. The fourth-order valence-electron chi connectivity index (χ4n) is 1.79. The van der Waals surface area contributed by atoms with Gasteiger partial charge in [-0.05, 0) is 37.6 Å². The number of anilines is 1. The molecule has 0 unspecified atom stereocenters. The summed E-state index contributed by atoms with van der Waals surface area (Å²) in [5.41, 5.74) is 1.06. The van der Waals surface area contributed by atoms with Crippen molar-refractivity contribution in [3.8, 4) is 11.6 Å². The van der Waals surface area contributed by atoms with Crippen LogP contribution in [0.1, 0.15) is 25.2 Å². The predicted octanol–water partition coefficient (Wildman–Crippen LogP) is 4.33. The van der Waals surface area contributed by atoms with E-state index >= 15 is 0 Å². The van der Waals surface area contributed by atoms with Crippen LogP contribution in [0.4, 0.5) is 5.82 Å². The third-order valence-electron chi connectivity index (χ3n) is 2.77. The minimum atomic E-state index is 0.568. The number of hydrogen-bond acceptors (Lipinski definition) is 4. The lowest BCUT2D eigenvalue weighted by atomic mass is 10.2. The standard InChI is InChI=1S/C15H18BrN3O/c1-4-13-18-14(17-5-2)9-15(19-13)20-12-7-6-11(16)8-10(12)3/h6-9H,4-5H2,1-3H3,(H,17,18,19). The van der Waals surface area contributed by atoms with Crippen LogP contribution in [-0.2, 0) is 6.42 Å². The number of nitrogens with zero attached hydrogens (tertiary/aromatic N) is 2. The molecule has 0 aliphatic carbocycles. The maximum atomic E-state index is 5.88. The first kappa shape index (κ1) is 14.8. The molecule has 0 atom stereocenters. The molecule has 1 aromatic heterocycles. The molecule has 0 saturated carbocycles. The molecule has 5 heteroatoms. The Morgan fingerprint density at radius 1 is 1.20 bits per heavy atom. The fourth-order valence-corrected chi connectivity index (χ4v) is 2.27. The van der Waals surface area contributed by atoms with E-state index in [1.807, 2.05) is 45.0 Å². The lowest BCUT2D eigenvalue weighted by Gasteiger charge is -2.11. The van der Waals surface area contributed by atoms with Gasteiger partial charge in [-0.1, -0.05) is 22.9 Å². The maximum Gasteiger partial charge on any atom is 0.224 e. The summed E-state index contributed by atoms with van der Waals surface area (Å²) in [6.07, 6.45) is 0.773. The molecular formula is C15H18BrN3O. The van der Waals surface area contributed by atoms with E-state index in [1.54, 1.807) is 0 Å². The van der Waals surface area contributed by atoms with Gasteiger partial charge in [-0.3, -0.25) is 0 Å². The Morgan fingerprint density at radius 2 is 2.00 bits per heavy atom. The van der Waals surface area contributed by atoms with Crippen molar-refractivity contribution in [2.75, 3.05) is 11.9 Å². The van der Waals surface area contributed by atoms with Crippen molar-refractivity contribution in [1.29, 1.82) is 0 Å². The average molecular weight is 336 g/mol. The van der Waals surface area contributed by atoms with E-state index in [0.29, 0.717) is 5.88 Å². The second-order valence-electron chi connectivity index (χ2n) is 4.40. The van der Waals surface area contributed by atoms with Crippen molar-refractivity contribution in [2.45, 2.75) is 27.2 Å². The van der Waals surface area contributed by atoms with Gasteiger partial charge in [-0.15, -0.1) is 0 Å². The molecule has 2 rings (SSSR count). The van der Waals surface area contributed by atoms with Crippen LogP contribution in [-0.4, -0.2) is 16.5 Å². The van der Waals surface area contributed by atoms with Gasteiger partial charge in [0.1, 0.15) is 17.4 Å². The summed E-state index contributed by atoms with van der Waals surface area (Å²) in [7, 11) is 0. The summed E-state index contributed by atoms with van der Waals surface area (Å²) < 4.78 is 6.92. The van der Waals surface area contributed by atoms with Crippen molar-refractivity contribution in [2.24, 2.45) is 0 Å². The van der Waals surface area contributed by atoms with Gasteiger partial charge in [0.05, 0.1) is 0 Å². The first-order valence-electron chi connectivity index (χ1n) is 6.68. The molecule has 1 aromatic carbocycles. The van der Waals surface area contributed by atoms with Crippen LogP contribution in [0.25, 0.3) is 0 Å². The zero-order valence-electron chi connectivity index (χ0n) is 11.9. The molecule has 0 aliphatic rings. The summed E-state index contributed by atoms with van der Waals surface area (Å²) >= 11 is 3.45. The molecule has 106 valence electrons. The predicted molar refractivity (Wildman–Crippen MR) is 84.5 cm³/mol. The van der Waals surface area contributed by atoms with Crippen LogP contribution in [0.2, 0.25) is 0 Å². The highest BCUT2D eigenvalue weighted by molar-refractivity contribution is 9.10. The van der Waals surface area contributed by atoms with Gasteiger partial charge in [0.25, 0.3) is 0 Å². The van der Waals surface area contributed by atoms with Crippen LogP contribution >= 0.6 is 15.9 Å². The normalized spacial score (nSPS) is 10.4. The topological polar surface area (TPSA) is 47.0 Å². The number of aromatic nitrogens is 2. The summed E-state index contributed by atoms with van der Waals surface area (Å²) in [6.45, 7) is 6.89. The number of halogens is 1. The molecule has 0 spiro atoms. The SMILES string of the molecule is CCNc1cc(Oc2ccc(Br)cc2C)nc(CC)n1. The van der Waals surface area contributed by atoms with Crippen molar-refractivity contribution in [3.05, 3.63) is 40.1 Å². The Morgan fingerprint density at radius 3 is 2.65 bits per heavy atom. The van der Waals surface area contributed by atoms with Gasteiger partial charge in [0.2, 0.25) is 5.88 Å². The monoisotopic (exact) mass is 335 g/mol. The number of rotatable bonds is 5. The van der Waals surface area contributed by atoms with Crippen molar-refractivity contribution >= 4 is 21.7 Å². The molecule has 1 heterocycles. The van der Waals surface area contributed by atoms with Gasteiger partial charge in [-0.2, -0.15) is 4.98 Å². The minimum absolute atomic E-state index is 0.568. The molecule has 1 N–H and O–H groups in total. The number of hydrogen-bond donors (Lipinski definition) is 1. The molecule has 4 nitrogen and oxygen atoms in total. The van der Waals surface area contributed by atoms with E-state index in [9.17, 15) is 0 Å². The average Bonchev–Trinajstić information content (AvgIpc) is 2.42. The lowest BCUT2D eigenvalue weighted by molar-refractivity contribution is 0.455. The second-order valence-corrected chi connectivity index (χ2v) is 5.32. The first-order valence-corrected chi connectivity index (χ1v) is 7.47. The van der Waals surface area contributed by atoms with E-state index in [1.165, 1.54) is 0 Å². The molecule has 0 aliphatic heterocycles. The van der Waals surface area contributed by atoms with E-state index in [0.717, 1.165) is 40.4 Å². The molecule has 2 aromatic rings. The van der Waals surface area contributed by atoms with Crippen LogP contribution in [0.3, 0.4) is 0 Å². The van der Waals surface area contributed by atoms with E-state index in [-0.39, 0.29) is 0 Å². The molecule has 0 saturated heterocycles. The zero-order chi connectivity index (χ0) is 14.5. The molecule has 0 bridgehead atoms. The second kappa shape index (κ2) is 6.70. The van der Waals surface area contributed by atoms with Crippen LogP contribution in [0, 0.1) is 6.92 Å². The maximum absolute atomic E-state index is 5.88. The van der Waals surface area contributed by atoms with Crippen LogP contribution in [0.15, 0.2) is 28.7 Å². The van der Waals surface area contributed by atoms with E-state index in [2.05, 4.69) is 31.2 Å². The Labute approximate surface area is 127 Å². The molecule has 0 amide bonds. The van der Waals surface area contributed by atoms with Gasteiger partial charge >= 0.3 is 0 Å². The minimum Gasteiger partial charge on any atom is -0.439 e. The molecule has 20 heavy (non-hydrogen) atoms. The van der Waals surface area contributed by atoms with Gasteiger partial charge in [0, 0.05) is 23.5 Å². The van der Waals surface area contributed by atoms with Crippen molar-refractivity contribution in [3.63, 3.8) is 0 Å². The smallest absolute Gasteiger partial charge is 0.224 e. The molecule has 0 fully saturated rings. The highest BCUT2D eigenvalue weighted by atomic mass is 79.9. The van der Waals surface area contributed by atoms with Crippen molar-refractivity contribution in [1.82, 2.24) is 9.97 Å². The van der Waals surface area contributed by atoms with E-state index < -0.39 is 0 Å². The van der Waals surface area contributed by atoms with Gasteiger partial charge in [-0.25, -0.2) is 4.98 Å². The summed E-state index contributed by atoms with van der Waals surface area (Å²) in [5, 5.41) is 3.19. The van der Waals surface area contributed by atoms with Gasteiger partial charge < -0.3 is 10.1 Å². The Balaban J connectivity index is 2.29. The number of benzene rings is 1. The Hall–Kier alpha value is -1.62. The third-order valence-corrected chi connectivity index (χ3v) is 3.27. The van der Waals surface area contributed by atoms with Crippen molar-refractivity contribution < 1.29 is 4.74 Å². The fraction of sp³-hybridized carbons (Fsp3) is 0.333. The first-order chi connectivity index (χ1) is 9.62. The highest BCUT2D eigenvalue weighted by Crippen LogP contribution is 2.27. The largest absolute Gasteiger partial charge is 0.439 e. The quantitative estimate of drug-likeness (QED) is 0.883. The number of ether oxygens (including phenoxy) is 1. The lowest BCUT2D eigenvalue weighted by Crippen LogP contribution is -2.04. The zero-order valence-corrected chi connectivity index (χ0v) is 13.5. The Kier molecular flexibility index (Phi) is 4.95. The summed E-state index contributed by atoms with van der Waals surface area (Å²) in [5.74, 6) is 2.94. The van der Waals surface area contributed by atoms with E-state index in [4.69, 9.17) is 4.74 Å². The van der Waals surface area contributed by atoms with Crippen LogP contribution < -0.4 is 10.1 Å². The molecule has 0 radical (unpaired) electrons. The van der Waals surface area contributed by atoms with Gasteiger partial charge in [0.15, 0.2) is 0 Å². The Bertz CT molecular complexity index is 602. The summed E-state index contributed by atoms with van der Waals surface area (Å²) in [6, 6.07) is 7.72. The molecular weight excluding hydrogens is 318 g/mol. The highest BCUT2D eigenvalue weighted by Gasteiger charge is 2.07. The third kappa shape index (κ3) is 3.70. The number of aryl methyl sites for hydroxylation is 2. The van der Waals surface area contributed by atoms with Crippen LogP contribution in [0.5, 0.6) is 11.6 Å². The number of nitrogens with one attached hydrogen (secondary N) is 1.